The van der Waals surface area contributed by atoms with Crippen molar-refractivity contribution in [3.05, 3.63) is 64.8 Å². The molecule has 0 spiro atoms. The first-order valence-corrected chi connectivity index (χ1v) is 10.8. The topological polar surface area (TPSA) is 77.2 Å². The van der Waals surface area contributed by atoms with E-state index >= 15 is 0 Å². The smallest absolute Gasteiger partial charge is 0.251 e. The van der Waals surface area contributed by atoms with E-state index in [1.165, 1.54) is 18.4 Å². The lowest BCUT2D eigenvalue weighted by Gasteiger charge is -2.20. The van der Waals surface area contributed by atoms with Crippen molar-refractivity contribution >= 4 is 40.0 Å². The van der Waals surface area contributed by atoms with Gasteiger partial charge in [-0.2, -0.15) is 0 Å². The highest BCUT2D eigenvalue weighted by atomic mass is 35.5. The van der Waals surface area contributed by atoms with E-state index in [4.69, 9.17) is 11.6 Å². The Balaban J connectivity index is 1.26. The van der Waals surface area contributed by atoms with Crippen LogP contribution in [0.5, 0.6) is 0 Å². The maximum Gasteiger partial charge on any atom is 0.251 e. The Hall–Kier alpha value is -2.83. The minimum Gasteiger partial charge on any atom is -0.360 e. The monoisotopic (exact) mass is 438 g/mol. The second-order valence-corrected chi connectivity index (χ2v) is 8.95. The van der Waals surface area contributed by atoms with Crippen LogP contribution < -0.4 is 10.6 Å². The van der Waals surface area contributed by atoms with Gasteiger partial charge in [0.25, 0.3) is 5.91 Å². The minimum absolute atomic E-state index is 0.160. The Bertz CT molecular complexity index is 1100. The van der Waals surface area contributed by atoms with E-state index in [1.807, 2.05) is 30.3 Å². The molecule has 0 bridgehead atoms. The van der Waals surface area contributed by atoms with E-state index in [2.05, 4.69) is 46.7 Å². The number of carbonyl (C=O) groups excluding carboxylic acids is 2. The fraction of sp³-hybridized carbons (Fsp3) is 0.333. The number of hydrogen-bond acceptors (Lipinski definition) is 3. The molecule has 1 aromatic heterocycles. The molecule has 2 amide bonds. The Morgan fingerprint density at radius 3 is 2.55 bits per heavy atom. The number of nitrogens with zero attached hydrogens (tertiary/aromatic N) is 1. The quantitative estimate of drug-likeness (QED) is 0.494. The maximum atomic E-state index is 12.4. The molecule has 162 valence electrons. The van der Waals surface area contributed by atoms with Crippen LogP contribution in [-0.4, -0.2) is 48.9 Å². The molecule has 0 saturated heterocycles. The maximum absolute atomic E-state index is 12.4. The zero-order valence-corrected chi connectivity index (χ0v) is 18.6. The largest absolute Gasteiger partial charge is 0.360 e. The fourth-order valence-electron chi connectivity index (χ4n) is 4.05. The molecule has 0 unspecified atom stereocenters. The summed E-state index contributed by atoms with van der Waals surface area (Å²) in [6.45, 7) is 1.30. The van der Waals surface area contributed by atoms with Crippen LogP contribution in [0.25, 0.3) is 10.9 Å². The summed E-state index contributed by atoms with van der Waals surface area (Å²) < 4.78 is 0. The molecule has 1 fully saturated rings. The third kappa shape index (κ3) is 4.92. The lowest BCUT2D eigenvalue weighted by atomic mass is 9.94. The van der Waals surface area contributed by atoms with Crippen LogP contribution in [0, 0.1) is 0 Å². The van der Waals surface area contributed by atoms with Crippen LogP contribution in [0.2, 0.25) is 5.02 Å². The van der Waals surface area contributed by atoms with E-state index in [0.29, 0.717) is 16.3 Å². The third-order valence-electron chi connectivity index (χ3n) is 5.78. The SMILES string of the molecule is CN(C)CC1(c2ccc(C(=O)NCCC(=O)Nc3ccc4c(Cl)c[nH]c4c3)cc2)CC1. The first-order valence-electron chi connectivity index (χ1n) is 10.5. The molecule has 4 rings (SSSR count). The van der Waals surface area contributed by atoms with Crippen molar-refractivity contribution in [1.29, 1.82) is 0 Å². The van der Waals surface area contributed by atoms with Crippen LogP contribution in [0.1, 0.15) is 35.2 Å². The standard InChI is InChI=1S/C24H27ClN4O2/c1-29(2)15-24(10-11-24)17-5-3-16(4-6-17)23(31)26-12-9-22(30)28-18-7-8-19-20(25)14-27-21(19)13-18/h3-8,13-14,27H,9-12,15H2,1-2H3,(H,26,31)(H,28,30). The molecule has 0 atom stereocenters. The highest BCUT2D eigenvalue weighted by Crippen LogP contribution is 2.48. The highest BCUT2D eigenvalue weighted by Gasteiger charge is 2.44. The Morgan fingerprint density at radius 2 is 1.87 bits per heavy atom. The van der Waals surface area contributed by atoms with E-state index in [0.717, 1.165) is 17.4 Å². The Morgan fingerprint density at radius 1 is 1.13 bits per heavy atom. The number of rotatable bonds is 8. The summed E-state index contributed by atoms with van der Waals surface area (Å²) in [4.78, 5) is 29.9. The second kappa shape index (κ2) is 8.73. The normalized spacial score (nSPS) is 14.6. The summed E-state index contributed by atoms with van der Waals surface area (Å²) in [5.41, 5.74) is 3.68. The van der Waals surface area contributed by atoms with Crippen molar-refractivity contribution in [3.8, 4) is 0 Å². The van der Waals surface area contributed by atoms with Crippen molar-refractivity contribution in [2.24, 2.45) is 0 Å². The van der Waals surface area contributed by atoms with Crippen molar-refractivity contribution in [3.63, 3.8) is 0 Å². The van der Waals surface area contributed by atoms with Gasteiger partial charge in [0.15, 0.2) is 0 Å². The van der Waals surface area contributed by atoms with Crippen LogP contribution in [0.3, 0.4) is 0 Å². The van der Waals surface area contributed by atoms with Gasteiger partial charge in [-0.05, 0) is 62.8 Å². The molecule has 6 nitrogen and oxygen atoms in total. The predicted molar refractivity (Wildman–Crippen MR) is 125 cm³/mol. The number of fused-ring (bicyclic) bond motifs is 1. The summed E-state index contributed by atoms with van der Waals surface area (Å²) in [7, 11) is 4.18. The molecule has 0 radical (unpaired) electrons. The van der Waals surface area contributed by atoms with Gasteiger partial charge in [-0.25, -0.2) is 0 Å². The lowest BCUT2D eigenvalue weighted by Crippen LogP contribution is -2.28. The van der Waals surface area contributed by atoms with Gasteiger partial charge in [-0.15, -0.1) is 0 Å². The molecule has 1 aliphatic rings. The Labute approximate surface area is 187 Å². The summed E-state index contributed by atoms with van der Waals surface area (Å²) in [5, 5.41) is 7.23. The molecule has 31 heavy (non-hydrogen) atoms. The van der Waals surface area contributed by atoms with Crippen LogP contribution in [0.15, 0.2) is 48.7 Å². The Kier molecular flexibility index (Phi) is 6.03. The number of likely N-dealkylation sites (N-methyl/N-ethyl adjacent to an activating group) is 1. The molecule has 2 aromatic carbocycles. The average Bonchev–Trinajstić information content (AvgIpc) is 3.42. The van der Waals surface area contributed by atoms with Gasteiger partial charge in [-0.3, -0.25) is 9.59 Å². The van der Waals surface area contributed by atoms with E-state index in [9.17, 15) is 9.59 Å². The summed E-state index contributed by atoms with van der Waals surface area (Å²) in [6.07, 6.45) is 4.29. The van der Waals surface area contributed by atoms with E-state index in [-0.39, 0.29) is 30.2 Å². The van der Waals surface area contributed by atoms with Gasteiger partial charge in [0.2, 0.25) is 5.91 Å². The van der Waals surface area contributed by atoms with Crippen molar-refractivity contribution in [2.75, 3.05) is 32.5 Å². The second-order valence-electron chi connectivity index (χ2n) is 8.55. The number of aromatic nitrogens is 1. The van der Waals surface area contributed by atoms with Crippen molar-refractivity contribution in [1.82, 2.24) is 15.2 Å². The average molecular weight is 439 g/mol. The molecule has 3 N–H and O–H groups in total. The van der Waals surface area contributed by atoms with Crippen molar-refractivity contribution < 1.29 is 9.59 Å². The summed E-state index contributed by atoms with van der Waals surface area (Å²) in [5.74, 6) is -0.328. The minimum atomic E-state index is -0.167. The number of amides is 2. The zero-order chi connectivity index (χ0) is 22.0. The fourth-order valence-corrected chi connectivity index (χ4v) is 4.27. The summed E-state index contributed by atoms with van der Waals surface area (Å²) in [6, 6.07) is 13.4. The van der Waals surface area contributed by atoms with Crippen molar-refractivity contribution in [2.45, 2.75) is 24.7 Å². The number of nitrogens with one attached hydrogen (secondary N) is 3. The number of anilines is 1. The van der Waals surface area contributed by atoms with Gasteiger partial charge < -0.3 is 20.5 Å². The molecular weight excluding hydrogens is 412 g/mol. The number of carbonyl (C=O) groups is 2. The summed E-state index contributed by atoms with van der Waals surface area (Å²) >= 11 is 6.07. The third-order valence-corrected chi connectivity index (χ3v) is 6.10. The highest BCUT2D eigenvalue weighted by molar-refractivity contribution is 6.35. The van der Waals surface area contributed by atoms with Gasteiger partial charge in [-0.1, -0.05) is 23.7 Å². The number of hydrogen-bond donors (Lipinski definition) is 3. The molecule has 1 saturated carbocycles. The van der Waals surface area contributed by atoms with E-state index < -0.39 is 0 Å². The van der Waals surface area contributed by atoms with Crippen LogP contribution in [0.4, 0.5) is 5.69 Å². The number of benzene rings is 2. The molecular formula is C24H27ClN4O2. The van der Waals surface area contributed by atoms with E-state index in [1.54, 1.807) is 6.20 Å². The van der Waals surface area contributed by atoms with Crippen LogP contribution in [-0.2, 0) is 10.2 Å². The molecule has 1 heterocycles. The number of halogens is 1. The molecule has 7 heteroatoms. The molecule has 0 aliphatic heterocycles. The van der Waals surface area contributed by atoms with Gasteiger partial charge in [0.1, 0.15) is 0 Å². The predicted octanol–water partition coefficient (Wildman–Crippen LogP) is 4.17. The zero-order valence-electron chi connectivity index (χ0n) is 17.8. The first-order chi connectivity index (χ1) is 14.9. The molecule has 1 aliphatic carbocycles. The lowest BCUT2D eigenvalue weighted by molar-refractivity contribution is -0.116. The van der Waals surface area contributed by atoms with Gasteiger partial charge >= 0.3 is 0 Å². The van der Waals surface area contributed by atoms with Crippen LogP contribution >= 0.6 is 11.6 Å². The number of H-pyrrole nitrogens is 1. The van der Waals surface area contributed by atoms with Gasteiger partial charge in [0.05, 0.1) is 5.02 Å². The first kappa shape index (κ1) is 21.4. The number of aromatic amines is 1. The van der Waals surface area contributed by atoms with Gasteiger partial charge in [0, 0.05) is 53.3 Å². The molecule has 3 aromatic rings.